The van der Waals surface area contributed by atoms with Crippen molar-refractivity contribution in [3.8, 4) is 0 Å². The van der Waals surface area contributed by atoms with Gasteiger partial charge in [0.2, 0.25) is 0 Å². The number of rotatable bonds is 2. The van der Waals surface area contributed by atoms with E-state index in [9.17, 15) is 0 Å². The van der Waals surface area contributed by atoms with Gasteiger partial charge in [-0.3, -0.25) is 4.90 Å². The van der Waals surface area contributed by atoms with E-state index < -0.39 is 0 Å². The first-order chi connectivity index (χ1) is 7.51. The van der Waals surface area contributed by atoms with E-state index in [2.05, 4.69) is 58.9 Å². The van der Waals surface area contributed by atoms with Gasteiger partial charge >= 0.3 is 0 Å². The van der Waals surface area contributed by atoms with Gasteiger partial charge in [-0.15, -0.1) is 0 Å². The van der Waals surface area contributed by atoms with Gasteiger partial charge in [-0.2, -0.15) is 0 Å². The van der Waals surface area contributed by atoms with E-state index in [1.807, 2.05) is 0 Å². The number of likely N-dealkylation sites (tertiary alicyclic amines) is 1. The lowest BCUT2D eigenvalue weighted by atomic mass is 9.96. The molecule has 1 aromatic carbocycles. The Kier molecular flexibility index (Phi) is 3.38. The first kappa shape index (κ1) is 12.1. The van der Waals surface area contributed by atoms with Crippen molar-refractivity contribution >= 4 is 15.9 Å². The molecule has 2 N–H and O–H groups in total. The highest BCUT2D eigenvalue weighted by atomic mass is 79.9. The second-order valence-electron chi connectivity index (χ2n) is 5.06. The molecule has 1 aliphatic rings. The molecular formula is C13H19BrN2. The minimum absolute atomic E-state index is 0.106. The van der Waals surface area contributed by atoms with E-state index in [1.165, 1.54) is 10.0 Å². The zero-order chi connectivity index (χ0) is 11.8. The van der Waals surface area contributed by atoms with Crippen LogP contribution in [-0.2, 0) is 6.54 Å². The maximum absolute atomic E-state index is 6.14. The van der Waals surface area contributed by atoms with Crippen LogP contribution in [0.15, 0.2) is 28.7 Å². The molecule has 0 radical (unpaired) electrons. The minimum atomic E-state index is 0.106. The van der Waals surface area contributed by atoms with Crippen molar-refractivity contribution in [2.75, 3.05) is 6.54 Å². The second kappa shape index (κ2) is 4.47. The van der Waals surface area contributed by atoms with Gasteiger partial charge in [-0.05, 0) is 31.9 Å². The van der Waals surface area contributed by atoms with E-state index in [1.54, 1.807) is 0 Å². The molecule has 1 saturated heterocycles. The molecule has 1 unspecified atom stereocenters. The van der Waals surface area contributed by atoms with E-state index in [0.29, 0.717) is 0 Å². The summed E-state index contributed by atoms with van der Waals surface area (Å²) >= 11 is 3.60. The molecule has 2 nitrogen and oxygen atoms in total. The molecule has 0 saturated carbocycles. The Morgan fingerprint density at radius 2 is 2.12 bits per heavy atom. The van der Waals surface area contributed by atoms with Crippen LogP contribution in [0.5, 0.6) is 0 Å². The fourth-order valence-corrected chi connectivity index (χ4v) is 2.70. The summed E-state index contributed by atoms with van der Waals surface area (Å²) in [5.41, 5.74) is 7.59. The molecule has 1 aliphatic heterocycles. The van der Waals surface area contributed by atoms with Gasteiger partial charge in [0.15, 0.2) is 0 Å². The van der Waals surface area contributed by atoms with Crippen LogP contribution in [0.1, 0.15) is 25.8 Å². The molecule has 16 heavy (non-hydrogen) atoms. The van der Waals surface area contributed by atoms with E-state index in [4.69, 9.17) is 5.73 Å². The summed E-state index contributed by atoms with van der Waals surface area (Å²) in [7, 11) is 0. The Morgan fingerprint density at radius 3 is 2.69 bits per heavy atom. The third kappa shape index (κ3) is 2.17. The standard InChI is InChI=1S/C13H19BrN2/c1-13(2)12(15)7-8-16(13)9-10-5-3-4-6-11(10)14/h3-6,12H,7-9,15H2,1-2H3. The lowest BCUT2D eigenvalue weighted by Crippen LogP contribution is -2.48. The summed E-state index contributed by atoms with van der Waals surface area (Å²) in [6.07, 6.45) is 1.09. The van der Waals surface area contributed by atoms with Crippen molar-refractivity contribution in [1.29, 1.82) is 0 Å². The smallest absolute Gasteiger partial charge is 0.0308 e. The van der Waals surface area contributed by atoms with Gasteiger partial charge in [-0.1, -0.05) is 34.1 Å². The summed E-state index contributed by atoms with van der Waals surface area (Å²) in [5.74, 6) is 0. The van der Waals surface area contributed by atoms with Crippen molar-refractivity contribution in [1.82, 2.24) is 4.90 Å². The second-order valence-corrected chi connectivity index (χ2v) is 5.92. The Hall–Kier alpha value is -0.380. The summed E-state index contributed by atoms with van der Waals surface area (Å²) in [6.45, 7) is 6.54. The Bertz CT molecular complexity index is 376. The average molecular weight is 283 g/mol. The summed E-state index contributed by atoms with van der Waals surface area (Å²) in [4.78, 5) is 2.47. The SMILES string of the molecule is CC1(C)C(N)CCN1Cc1ccccc1Br. The molecule has 0 aliphatic carbocycles. The highest BCUT2D eigenvalue weighted by Gasteiger charge is 2.38. The molecule has 0 bridgehead atoms. The van der Waals surface area contributed by atoms with Gasteiger partial charge in [0, 0.05) is 29.1 Å². The van der Waals surface area contributed by atoms with Crippen LogP contribution in [0.4, 0.5) is 0 Å². The van der Waals surface area contributed by atoms with Crippen LogP contribution in [0.25, 0.3) is 0 Å². The average Bonchev–Trinajstić information content (AvgIpc) is 2.48. The zero-order valence-electron chi connectivity index (χ0n) is 9.91. The summed E-state index contributed by atoms with van der Waals surface area (Å²) in [5, 5.41) is 0. The minimum Gasteiger partial charge on any atom is -0.326 e. The number of hydrogen-bond donors (Lipinski definition) is 1. The first-order valence-corrected chi connectivity index (χ1v) is 6.55. The van der Waals surface area contributed by atoms with E-state index in [-0.39, 0.29) is 11.6 Å². The predicted molar refractivity (Wildman–Crippen MR) is 71.2 cm³/mol. The van der Waals surface area contributed by atoms with Gasteiger partial charge < -0.3 is 5.73 Å². The Morgan fingerprint density at radius 1 is 1.44 bits per heavy atom. The Balaban J connectivity index is 2.14. The number of benzene rings is 1. The van der Waals surface area contributed by atoms with Crippen molar-refractivity contribution < 1.29 is 0 Å². The molecule has 2 rings (SSSR count). The molecule has 1 atom stereocenters. The number of halogens is 1. The topological polar surface area (TPSA) is 29.3 Å². The van der Waals surface area contributed by atoms with Gasteiger partial charge in [0.1, 0.15) is 0 Å². The van der Waals surface area contributed by atoms with Crippen LogP contribution in [-0.4, -0.2) is 23.0 Å². The van der Waals surface area contributed by atoms with Crippen LogP contribution < -0.4 is 5.73 Å². The monoisotopic (exact) mass is 282 g/mol. The lowest BCUT2D eigenvalue weighted by Gasteiger charge is -2.34. The van der Waals surface area contributed by atoms with Gasteiger partial charge in [0.05, 0.1) is 0 Å². The predicted octanol–water partition coefficient (Wildman–Crippen LogP) is 2.76. The quantitative estimate of drug-likeness (QED) is 0.904. The van der Waals surface area contributed by atoms with Gasteiger partial charge in [0.25, 0.3) is 0 Å². The molecule has 0 amide bonds. The van der Waals surface area contributed by atoms with Gasteiger partial charge in [-0.25, -0.2) is 0 Å². The third-order valence-corrected chi connectivity index (χ3v) is 4.53. The molecule has 1 aromatic rings. The molecule has 3 heteroatoms. The van der Waals surface area contributed by atoms with Crippen LogP contribution in [0.2, 0.25) is 0 Å². The van der Waals surface area contributed by atoms with Crippen molar-refractivity contribution in [2.24, 2.45) is 5.73 Å². The molecule has 1 heterocycles. The molecule has 1 fully saturated rings. The normalized spacial score (nSPS) is 24.9. The van der Waals surface area contributed by atoms with Crippen LogP contribution >= 0.6 is 15.9 Å². The van der Waals surface area contributed by atoms with E-state index >= 15 is 0 Å². The summed E-state index contributed by atoms with van der Waals surface area (Å²) < 4.78 is 1.19. The van der Waals surface area contributed by atoms with Crippen molar-refractivity contribution in [2.45, 2.75) is 38.4 Å². The number of nitrogens with two attached hydrogens (primary N) is 1. The largest absolute Gasteiger partial charge is 0.326 e. The van der Waals surface area contributed by atoms with Crippen LogP contribution in [0.3, 0.4) is 0 Å². The first-order valence-electron chi connectivity index (χ1n) is 5.76. The molecule has 0 spiro atoms. The molecule has 0 aromatic heterocycles. The van der Waals surface area contributed by atoms with Crippen molar-refractivity contribution in [3.63, 3.8) is 0 Å². The number of hydrogen-bond acceptors (Lipinski definition) is 2. The summed E-state index contributed by atoms with van der Waals surface area (Å²) in [6, 6.07) is 8.69. The fraction of sp³-hybridized carbons (Fsp3) is 0.538. The molecular weight excluding hydrogens is 264 g/mol. The highest BCUT2D eigenvalue weighted by Crippen LogP contribution is 2.30. The Labute approximate surface area is 106 Å². The number of nitrogens with zero attached hydrogens (tertiary/aromatic N) is 1. The maximum atomic E-state index is 6.14. The maximum Gasteiger partial charge on any atom is 0.0308 e. The third-order valence-electron chi connectivity index (χ3n) is 3.75. The fourth-order valence-electron chi connectivity index (χ4n) is 2.29. The van der Waals surface area contributed by atoms with Crippen molar-refractivity contribution in [3.05, 3.63) is 34.3 Å². The highest BCUT2D eigenvalue weighted by molar-refractivity contribution is 9.10. The van der Waals surface area contributed by atoms with Crippen LogP contribution in [0, 0.1) is 0 Å². The lowest BCUT2D eigenvalue weighted by molar-refractivity contribution is 0.154. The molecule has 88 valence electrons. The zero-order valence-corrected chi connectivity index (χ0v) is 11.5. The van der Waals surface area contributed by atoms with E-state index in [0.717, 1.165) is 19.5 Å².